The number of hydrogen-bond acceptors (Lipinski definition) is 6. The molecule has 0 aliphatic rings. The topological polar surface area (TPSA) is 107 Å². The van der Waals surface area contributed by atoms with Gasteiger partial charge in [-0.25, -0.2) is 28.4 Å². The first-order chi connectivity index (χ1) is 13.3. The van der Waals surface area contributed by atoms with Crippen molar-refractivity contribution in [2.24, 2.45) is 0 Å². The highest BCUT2D eigenvalue weighted by Gasteiger charge is 2.34. The predicted molar refractivity (Wildman–Crippen MR) is 98.1 cm³/mol. The molecule has 1 unspecified atom stereocenters. The number of alkyl halides is 2. The normalized spacial score (nSPS) is 13.9. The second-order valence-electron chi connectivity index (χ2n) is 6.64. The van der Waals surface area contributed by atoms with Gasteiger partial charge in [0.1, 0.15) is 18.3 Å². The molecule has 3 heterocycles. The van der Waals surface area contributed by atoms with Gasteiger partial charge in [0.2, 0.25) is 0 Å². The fraction of sp³-hybridized carbons (Fsp3) is 0.222. The number of hydrogen-bond donors (Lipinski definition) is 2. The number of nitrogens with zero attached hydrogens (tertiary/aromatic N) is 6. The van der Waals surface area contributed by atoms with Crippen molar-refractivity contribution in [3.05, 3.63) is 54.4 Å². The first-order valence-electron chi connectivity index (χ1n) is 8.39. The molecule has 4 aromatic rings. The minimum atomic E-state index is -2.93. The molecule has 0 bridgehead atoms. The molecular weight excluding hydrogens is 368 g/mol. The van der Waals surface area contributed by atoms with Crippen molar-refractivity contribution in [1.29, 1.82) is 0 Å². The Morgan fingerprint density at radius 3 is 2.75 bits per heavy atom. The van der Waals surface area contributed by atoms with Gasteiger partial charge in [-0.05, 0) is 31.0 Å². The first kappa shape index (κ1) is 18.0. The van der Waals surface area contributed by atoms with E-state index in [1.54, 1.807) is 22.9 Å². The van der Waals surface area contributed by atoms with Crippen LogP contribution in [-0.2, 0) is 5.60 Å². The average Bonchev–Trinajstić information content (AvgIpc) is 3.31. The Morgan fingerprint density at radius 2 is 2.07 bits per heavy atom. The van der Waals surface area contributed by atoms with Gasteiger partial charge < -0.3 is 10.8 Å². The number of fused-ring (bicyclic) bond motifs is 1. The lowest BCUT2D eigenvalue weighted by atomic mass is 9.92. The highest BCUT2D eigenvalue weighted by Crippen LogP contribution is 2.33. The van der Waals surface area contributed by atoms with Crippen LogP contribution >= 0.6 is 0 Å². The van der Waals surface area contributed by atoms with Crippen molar-refractivity contribution in [3.63, 3.8) is 0 Å². The summed E-state index contributed by atoms with van der Waals surface area (Å²) in [5.74, 6) is 0.614. The maximum atomic E-state index is 13.3. The predicted octanol–water partition coefficient (Wildman–Crippen LogP) is 2.34. The van der Waals surface area contributed by atoms with Crippen molar-refractivity contribution >= 4 is 11.5 Å². The van der Waals surface area contributed by atoms with Crippen LogP contribution in [-0.4, -0.2) is 40.7 Å². The van der Waals surface area contributed by atoms with Gasteiger partial charge in [0.15, 0.2) is 17.3 Å². The molecule has 28 heavy (non-hydrogen) atoms. The summed E-state index contributed by atoms with van der Waals surface area (Å²) in [5.41, 5.74) is 6.38. The van der Waals surface area contributed by atoms with E-state index in [4.69, 9.17) is 5.73 Å². The van der Waals surface area contributed by atoms with Gasteiger partial charge in [-0.15, -0.1) is 0 Å². The van der Waals surface area contributed by atoms with Crippen LogP contribution in [0.15, 0.2) is 43.2 Å². The van der Waals surface area contributed by atoms with Crippen molar-refractivity contribution in [2.45, 2.75) is 25.9 Å². The Balaban J connectivity index is 1.93. The van der Waals surface area contributed by atoms with Crippen LogP contribution in [0.1, 0.15) is 18.1 Å². The summed E-state index contributed by atoms with van der Waals surface area (Å²) in [6, 6.07) is 4.71. The Bertz CT molecular complexity index is 1150. The van der Waals surface area contributed by atoms with Crippen LogP contribution in [0.3, 0.4) is 0 Å². The molecule has 0 fully saturated rings. The van der Waals surface area contributed by atoms with Gasteiger partial charge in [0.25, 0.3) is 6.43 Å². The number of halogens is 2. The number of imidazole rings is 1. The third-order valence-electron chi connectivity index (χ3n) is 4.68. The summed E-state index contributed by atoms with van der Waals surface area (Å²) < 4.78 is 29.7. The lowest BCUT2D eigenvalue weighted by Gasteiger charge is -2.23. The molecule has 3 N–H and O–H groups in total. The van der Waals surface area contributed by atoms with E-state index in [1.165, 1.54) is 29.5 Å². The molecule has 1 atom stereocenters. The molecular formula is C18H17F2N7O. The molecule has 1 aromatic carbocycles. The maximum Gasteiger partial charge on any atom is 0.270 e. The van der Waals surface area contributed by atoms with Gasteiger partial charge in [0, 0.05) is 5.56 Å². The van der Waals surface area contributed by atoms with Crippen molar-refractivity contribution in [2.75, 3.05) is 5.73 Å². The highest BCUT2D eigenvalue weighted by molar-refractivity contribution is 5.72. The number of aliphatic hydroxyl groups is 1. The molecule has 0 radical (unpaired) electrons. The number of nitrogen functional groups attached to an aromatic ring is 1. The summed E-state index contributed by atoms with van der Waals surface area (Å²) in [5, 5.41) is 14.2. The third kappa shape index (κ3) is 2.78. The minimum absolute atomic E-state index is 0.108. The summed E-state index contributed by atoms with van der Waals surface area (Å²) >= 11 is 0. The van der Waals surface area contributed by atoms with Gasteiger partial charge in [-0.3, -0.25) is 4.40 Å². The maximum absolute atomic E-state index is 13.3. The van der Waals surface area contributed by atoms with E-state index >= 15 is 0 Å². The van der Waals surface area contributed by atoms with Crippen LogP contribution in [0.2, 0.25) is 0 Å². The highest BCUT2D eigenvalue weighted by atomic mass is 19.3. The Morgan fingerprint density at radius 1 is 1.29 bits per heavy atom. The van der Waals surface area contributed by atoms with Gasteiger partial charge in [-0.1, -0.05) is 12.1 Å². The second-order valence-corrected chi connectivity index (χ2v) is 6.64. The molecule has 10 heteroatoms. The largest absolute Gasteiger partial charge is 0.381 e. The number of aryl methyl sites for hydroxylation is 1. The molecule has 144 valence electrons. The van der Waals surface area contributed by atoms with E-state index in [1.807, 2.05) is 6.92 Å². The van der Waals surface area contributed by atoms with Crippen LogP contribution in [0.25, 0.3) is 22.7 Å². The molecule has 0 aliphatic carbocycles. The van der Waals surface area contributed by atoms with Crippen molar-refractivity contribution in [1.82, 2.24) is 29.1 Å². The van der Waals surface area contributed by atoms with Crippen LogP contribution in [0.4, 0.5) is 14.6 Å². The molecule has 0 spiro atoms. The monoisotopic (exact) mass is 385 g/mol. The Labute approximate surface area is 158 Å². The number of aromatic nitrogens is 6. The van der Waals surface area contributed by atoms with Crippen LogP contribution in [0.5, 0.6) is 0 Å². The van der Waals surface area contributed by atoms with E-state index in [0.717, 1.165) is 12.5 Å². The molecule has 0 amide bonds. The summed E-state index contributed by atoms with van der Waals surface area (Å²) in [6.07, 6.45) is 3.19. The molecule has 0 aliphatic heterocycles. The summed E-state index contributed by atoms with van der Waals surface area (Å²) in [7, 11) is 0. The van der Waals surface area contributed by atoms with E-state index in [2.05, 4.69) is 20.1 Å². The van der Waals surface area contributed by atoms with Crippen LogP contribution in [0, 0.1) is 6.92 Å². The van der Waals surface area contributed by atoms with Crippen molar-refractivity contribution < 1.29 is 13.9 Å². The second kappa shape index (κ2) is 6.34. The summed E-state index contributed by atoms with van der Waals surface area (Å²) in [6.45, 7) is 2.93. The number of benzene rings is 1. The van der Waals surface area contributed by atoms with Crippen LogP contribution < -0.4 is 5.73 Å². The zero-order valence-electron chi connectivity index (χ0n) is 15.1. The Hall–Kier alpha value is -3.40. The Kier molecular flexibility index (Phi) is 4.07. The number of rotatable bonds is 4. The standard InChI is InChI=1S/C18H17F2N7O/c1-10-3-4-11(18(2,28)17(19)20)5-12(10)13-6-23-16-15(21)25-14(7-26(13)16)27-9-22-8-24-27/h3-9,17,28H,1-2H3,(H2,21,25). The number of anilines is 1. The van der Waals surface area contributed by atoms with Crippen molar-refractivity contribution in [3.8, 4) is 17.1 Å². The van der Waals surface area contributed by atoms with Gasteiger partial charge >= 0.3 is 0 Å². The lowest BCUT2D eigenvalue weighted by Crippen LogP contribution is -2.30. The molecule has 0 saturated heterocycles. The first-order valence-corrected chi connectivity index (χ1v) is 8.39. The zero-order valence-corrected chi connectivity index (χ0v) is 15.1. The van der Waals surface area contributed by atoms with E-state index in [0.29, 0.717) is 22.7 Å². The fourth-order valence-corrected chi connectivity index (χ4v) is 2.97. The van der Waals surface area contributed by atoms with Gasteiger partial charge in [0.05, 0.1) is 18.1 Å². The quantitative estimate of drug-likeness (QED) is 0.558. The SMILES string of the molecule is Cc1ccc(C(C)(O)C(F)F)cc1-c1cnc2c(N)nc(-n3cncn3)cn12. The molecule has 3 aromatic heterocycles. The minimum Gasteiger partial charge on any atom is -0.381 e. The smallest absolute Gasteiger partial charge is 0.270 e. The lowest BCUT2D eigenvalue weighted by molar-refractivity contribution is -0.0883. The number of nitrogens with two attached hydrogens (primary N) is 1. The molecule has 0 saturated carbocycles. The summed E-state index contributed by atoms with van der Waals surface area (Å²) in [4.78, 5) is 12.5. The van der Waals surface area contributed by atoms with E-state index in [-0.39, 0.29) is 11.4 Å². The van der Waals surface area contributed by atoms with E-state index < -0.39 is 12.0 Å². The molecule has 4 rings (SSSR count). The van der Waals surface area contributed by atoms with E-state index in [9.17, 15) is 13.9 Å². The van der Waals surface area contributed by atoms with Gasteiger partial charge in [-0.2, -0.15) is 5.10 Å². The molecule has 8 nitrogen and oxygen atoms in total. The zero-order chi connectivity index (χ0) is 20.1. The third-order valence-corrected chi connectivity index (χ3v) is 4.68. The average molecular weight is 385 g/mol. The fourth-order valence-electron chi connectivity index (χ4n) is 2.97.